The van der Waals surface area contributed by atoms with Crippen LogP contribution < -0.4 is 11.5 Å². The van der Waals surface area contributed by atoms with Gasteiger partial charge in [0.05, 0.1) is 20.9 Å². The maximum atomic E-state index is 13.1. The van der Waals surface area contributed by atoms with Crippen molar-refractivity contribution in [2.75, 3.05) is 23.0 Å². The molecule has 0 saturated carbocycles. The van der Waals surface area contributed by atoms with E-state index in [-0.39, 0.29) is 47.3 Å². The molecule has 162 valence electrons. The average Bonchev–Trinajstić information content (AvgIpc) is 2.71. The Kier molecular flexibility index (Phi) is 8.05. The zero-order chi connectivity index (χ0) is 23.0. The second-order valence-electron chi connectivity index (χ2n) is 7.01. The van der Waals surface area contributed by atoms with Gasteiger partial charge >= 0.3 is 0 Å². The zero-order valence-corrected chi connectivity index (χ0v) is 18.2. The van der Waals surface area contributed by atoms with Crippen LogP contribution in [-0.2, 0) is 19.3 Å². The van der Waals surface area contributed by atoms with Crippen molar-refractivity contribution >= 4 is 38.7 Å². The second-order valence-corrected chi connectivity index (χ2v) is 9.55. The van der Waals surface area contributed by atoms with E-state index in [0.717, 1.165) is 0 Å². The Morgan fingerprint density at radius 3 is 2.13 bits per heavy atom. The lowest BCUT2D eigenvalue weighted by molar-refractivity contribution is -0.117. The van der Waals surface area contributed by atoms with E-state index in [4.69, 9.17) is 11.5 Å². The van der Waals surface area contributed by atoms with Crippen molar-refractivity contribution in [3.8, 4) is 11.8 Å². The van der Waals surface area contributed by atoms with E-state index in [0.29, 0.717) is 16.8 Å². The molecule has 9 heteroatoms. The molecular weight excluding hydrogens is 416 g/mol. The lowest BCUT2D eigenvalue weighted by Gasteiger charge is -2.08. The number of nitrogens with zero attached hydrogens (tertiary/aromatic N) is 2. The van der Waals surface area contributed by atoms with Crippen LogP contribution in [0, 0.1) is 11.8 Å². The Bertz CT molecular complexity index is 1160. The second kappa shape index (κ2) is 10.5. The molecule has 0 bridgehead atoms. The zero-order valence-electron chi connectivity index (χ0n) is 17.4. The van der Waals surface area contributed by atoms with E-state index in [1.807, 2.05) is 0 Å². The van der Waals surface area contributed by atoms with Gasteiger partial charge in [0, 0.05) is 41.8 Å². The molecule has 31 heavy (non-hydrogen) atoms. The van der Waals surface area contributed by atoms with Gasteiger partial charge in [-0.1, -0.05) is 11.8 Å². The minimum Gasteiger partial charge on any atom is -0.399 e. The number of hydrogen-bond donors (Lipinski definition) is 2. The number of carbonyl (C=O) groups excluding carboxylic acids is 3. The van der Waals surface area contributed by atoms with E-state index in [9.17, 15) is 18.6 Å². The molecule has 1 aromatic carbocycles. The molecule has 0 atom stereocenters. The third-order valence-corrected chi connectivity index (χ3v) is 6.40. The fourth-order valence-corrected chi connectivity index (χ4v) is 4.41. The molecule has 0 aliphatic rings. The Morgan fingerprint density at radius 1 is 1.00 bits per heavy atom. The molecule has 0 unspecified atom stereocenters. The van der Waals surface area contributed by atoms with Crippen molar-refractivity contribution in [2.45, 2.75) is 26.7 Å². The molecule has 0 aliphatic carbocycles. The van der Waals surface area contributed by atoms with Crippen molar-refractivity contribution < 1.29 is 18.6 Å². The average molecular weight is 441 g/mol. The largest absolute Gasteiger partial charge is 0.399 e. The number of aromatic nitrogens is 1. The van der Waals surface area contributed by atoms with E-state index in [1.54, 1.807) is 24.3 Å². The quantitative estimate of drug-likeness (QED) is 0.496. The minimum atomic E-state index is -3.08. The van der Waals surface area contributed by atoms with Crippen molar-refractivity contribution in [2.24, 2.45) is 4.36 Å². The van der Waals surface area contributed by atoms with Crippen LogP contribution in [0.5, 0.6) is 0 Å². The summed E-state index contributed by atoms with van der Waals surface area (Å²) in [6.07, 6.45) is 1.24. The Morgan fingerprint density at radius 2 is 1.58 bits per heavy atom. The molecule has 8 nitrogen and oxygen atoms in total. The minimum absolute atomic E-state index is 0.00578. The number of nitrogen functional groups attached to an aromatic ring is 2. The number of pyridine rings is 1. The number of ketones is 2. The number of carbonyl (C=O) groups is 3. The molecule has 0 spiro atoms. The first-order valence-corrected chi connectivity index (χ1v) is 11.3. The third-order valence-electron chi connectivity index (χ3n) is 4.21. The summed E-state index contributed by atoms with van der Waals surface area (Å²) in [7, 11) is -3.08. The third kappa shape index (κ3) is 7.68. The first kappa shape index (κ1) is 23.8. The van der Waals surface area contributed by atoms with Gasteiger partial charge < -0.3 is 11.5 Å². The summed E-state index contributed by atoms with van der Waals surface area (Å²) >= 11 is 0. The summed E-state index contributed by atoms with van der Waals surface area (Å²) in [6, 6.07) is 8.34. The summed E-state index contributed by atoms with van der Waals surface area (Å²) in [5.41, 5.74) is 13.2. The van der Waals surface area contributed by atoms with Gasteiger partial charge in [-0.25, -0.2) is 9.19 Å². The molecule has 0 saturated heterocycles. The highest BCUT2D eigenvalue weighted by molar-refractivity contribution is 7.93. The highest BCUT2D eigenvalue weighted by atomic mass is 32.2. The maximum absolute atomic E-state index is 13.1. The number of rotatable bonds is 7. The Labute approximate surface area is 181 Å². The van der Waals surface area contributed by atoms with Gasteiger partial charge in [0.2, 0.25) is 0 Å². The fraction of sp³-hybridized carbons (Fsp3) is 0.273. The summed E-state index contributed by atoms with van der Waals surface area (Å²) in [5, 5.41) is 0. The van der Waals surface area contributed by atoms with E-state index in [2.05, 4.69) is 21.2 Å². The first-order chi connectivity index (χ1) is 14.6. The van der Waals surface area contributed by atoms with Gasteiger partial charge in [-0.05, 0) is 44.2 Å². The SMILES string of the molecule is CC(=O)CCS(=O)(CCC(C)=O)=NC(=O)c1cnc(N)c(C#Cc2ccc(N)cc2)c1. The molecule has 1 aromatic heterocycles. The highest BCUT2D eigenvalue weighted by Crippen LogP contribution is 2.14. The fourth-order valence-electron chi connectivity index (χ4n) is 2.40. The van der Waals surface area contributed by atoms with Gasteiger partial charge in [-0.2, -0.15) is 4.36 Å². The van der Waals surface area contributed by atoms with Gasteiger partial charge in [-0.15, -0.1) is 0 Å². The molecule has 2 rings (SSSR count). The monoisotopic (exact) mass is 440 g/mol. The molecule has 2 aromatic rings. The molecular formula is C22H24N4O4S. The standard InChI is InChI=1S/C22H24N4O4S/c1-15(27)9-11-31(30,12-10-16(2)28)26-22(29)19-13-18(21(24)25-14-19)6-3-17-4-7-20(23)8-5-17/h4-5,7-8,13-14H,9-12,23H2,1-2H3,(H2,24,25). The van der Waals surface area contributed by atoms with Crippen LogP contribution in [0.1, 0.15) is 48.2 Å². The van der Waals surface area contributed by atoms with Crippen molar-refractivity contribution in [1.29, 1.82) is 0 Å². The van der Waals surface area contributed by atoms with E-state index < -0.39 is 15.6 Å². The van der Waals surface area contributed by atoms with Gasteiger partial charge in [0.1, 0.15) is 17.4 Å². The van der Waals surface area contributed by atoms with Crippen LogP contribution in [0.2, 0.25) is 0 Å². The lowest BCUT2D eigenvalue weighted by Crippen LogP contribution is -2.17. The summed E-state index contributed by atoms with van der Waals surface area (Å²) in [6.45, 7) is 2.73. The predicted molar refractivity (Wildman–Crippen MR) is 121 cm³/mol. The number of amides is 1. The van der Waals surface area contributed by atoms with Crippen molar-refractivity contribution in [3.05, 3.63) is 53.2 Å². The molecule has 0 aliphatic heterocycles. The number of anilines is 2. The Balaban J connectivity index is 2.35. The smallest absolute Gasteiger partial charge is 0.286 e. The number of hydrogen-bond acceptors (Lipinski definition) is 7. The summed E-state index contributed by atoms with van der Waals surface area (Å²) in [4.78, 5) is 39.3. The Hall–Kier alpha value is -3.51. The molecule has 1 amide bonds. The topological polar surface area (TPSA) is 146 Å². The maximum Gasteiger partial charge on any atom is 0.286 e. The van der Waals surface area contributed by atoms with Crippen LogP contribution >= 0.6 is 0 Å². The summed E-state index contributed by atoms with van der Waals surface area (Å²) < 4.78 is 17.0. The molecule has 0 fully saturated rings. The first-order valence-electron chi connectivity index (χ1n) is 9.47. The van der Waals surface area contributed by atoms with Crippen LogP contribution in [-0.4, -0.2) is 38.2 Å². The highest BCUT2D eigenvalue weighted by Gasteiger charge is 2.17. The van der Waals surface area contributed by atoms with Gasteiger partial charge in [0.15, 0.2) is 0 Å². The van der Waals surface area contributed by atoms with E-state index >= 15 is 0 Å². The van der Waals surface area contributed by atoms with Gasteiger partial charge in [-0.3, -0.25) is 14.4 Å². The van der Waals surface area contributed by atoms with Crippen LogP contribution in [0.4, 0.5) is 11.5 Å². The van der Waals surface area contributed by atoms with Crippen LogP contribution in [0.15, 0.2) is 40.9 Å². The van der Waals surface area contributed by atoms with Crippen LogP contribution in [0.3, 0.4) is 0 Å². The van der Waals surface area contributed by atoms with Crippen molar-refractivity contribution in [1.82, 2.24) is 4.98 Å². The van der Waals surface area contributed by atoms with Crippen molar-refractivity contribution in [3.63, 3.8) is 0 Å². The predicted octanol–water partition coefficient (Wildman–Crippen LogP) is 2.21. The number of benzene rings is 1. The molecule has 1 heterocycles. The van der Waals surface area contributed by atoms with Crippen LogP contribution in [0.25, 0.3) is 0 Å². The number of Topliss-reactive ketones (excluding diaryl/α,β-unsaturated/α-hetero) is 2. The number of nitrogens with two attached hydrogens (primary N) is 2. The van der Waals surface area contributed by atoms with E-state index in [1.165, 1.54) is 26.1 Å². The summed E-state index contributed by atoms with van der Waals surface area (Å²) in [5.74, 6) is 4.61. The lowest BCUT2D eigenvalue weighted by atomic mass is 10.1. The molecule has 4 N–H and O–H groups in total. The molecule has 0 radical (unpaired) electrons. The normalized spacial score (nSPS) is 10.6. The van der Waals surface area contributed by atoms with Gasteiger partial charge in [0.25, 0.3) is 5.91 Å².